The molecule has 0 spiro atoms. The molecule has 0 aromatic heterocycles. The highest BCUT2D eigenvalue weighted by atomic mass is 16.5. The second kappa shape index (κ2) is 9.05. The van der Waals surface area contributed by atoms with E-state index in [1.165, 1.54) is 14.2 Å². The van der Waals surface area contributed by atoms with Crippen LogP contribution in [0.25, 0.3) is 0 Å². The highest BCUT2D eigenvalue weighted by Crippen LogP contribution is 2.29. The number of rotatable bonds is 7. The Morgan fingerprint density at radius 2 is 1.88 bits per heavy atom. The smallest absolute Gasteiger partial charge is 0.355 e. The molecule has 1 aromatic rings. The second-order valence-corrected chi connectivity index (χ2v) is 5.05. The van der Waals surface area contributed by atoms with Crippen molar-refractivity contribution < 1.29 is 33.3 Å². The number of methoxy groups -OCH3 is 3. The van der Waals surface area contributed by atoms with E-state index < -0.39 is 11.9 Å². The number of anilines is 1. The molecule has 0 amide bonds. The minimum Gasteiger partial charge on any atom is -0.491 e. The van der Waals surface area contributed by atoms with Crippen LogP contribution in [-0.4, -0.2) is 59.8 Å². The van der Waals surface area contributed by atoms with E-state index >= 15 is 0 Å². The summed E-state index contributed by atoms with van der Waals surface area (Å²) >= 11 is 0. The fourth-order valence-electron chi connectivity index (χ4n) is 2.33. The maximum Gasteiger partial charge on any atom is 0.355 e. The van der Waals surface area contributed by atoms with Crippen molar-refractivity contribution in [2.45, 2.75) is 0 Å². The van der Waals surface area contributed by atoms with E-state index in [1.54, 1.807) is 36.3 Å². The average molecular weight is 351 g/mol. The number of hydrogen-bond donors (Lipinski definition) is 0. The molecule has 25 heavy (non-hydrogen) atoms. The molecule has 2 rings (SSSR count). The fourth-order valence-corrected chi connectivity index (χ4v) is 2.33. The van der Waals surface area contributed by atoms with Crippen LogP contribution < -0.4 is 9.64 Å². The SMILES string of the molecule is COCCOc1cccc(N2COCC(C(=O)OC)=C2C(=O)OC)c1. The molecular weight excluding hydrogens is 330 g/mol. The van der Waals surface area contributed by atoms with E-state index in [0.717, 1.165) is 0 Å². The topological polar surface area (TPSA) is 83.5 Å². The van der Waals surface area contributed by atoms with Crippen LogP contribution >= 0.6 is 0 Å². The standard InChI is InChI=1S/C17H21NO7/c1-21-7-8-25-13-6-4-5-12(9-13)18-11-24-10-14(16(19)22-2)15(18)17(20)23-3/h4-6,9H,7-8,10-11H2,1-3H3. The normalized spacial score (nSPS) is 14.3. The van der Waals surface area contributed by atoms with Gasteiger partial charge in [-0.2, -0.15) is 0 Å². The Balaban J connectivity index is 2.36. The van der Waals surface area contributed by atoms with Gasteiger partial charge in [-0.3, -0.25) is 0 Å². The minimum atomic E-state index is -0.644. The molecule has 1 aliphatic rings. The summed E-state index contributed by atoms with van der Waals surface area (Å²) in [5, 5.41) is 0. The van der Waals surface area contributed by atoms with Gasteiger partial charge in [-0.05, 0) is 12.1 Å². The third-order valence-corrected chi connectivity index (χ3v) is 3.52. The van der Waals surface area contributed by atoms with E-state index in [4.69, 9.17) is 23.7 Å². The lowest BCUT2D eigenvalue weighted by Gasteiger charge is -2.31. The van der Waals surface area contributed by atoms with Gasteiger partial charge in [0.25, 0.3) is 0 Å². The monoisotopic (exact) mass is 351 g/mol. The number of carbonyl (C=O) groups excluding carboxylic acids is 2. The van der Waals surface area contributed by atoms with Gasteiger partial charge in [0.15, 0.2) is 0 Å². The Kier molecular flexibility index (Phi) is 6.79. The highest BCUT2D eigenvalue weighted by molar-refractivity contribution is 6.03. The molecule has 0 atom stereocenters. The van der Waals surface area contributed by atoms with Crippen molar-refractivity contribution in [2.75, 3.05) is 52.8 Å². The van der Waals surface area contributed by atoms with Crippen molar-refractivity contribution in [3.63, 3.8) is 0 Å². The van der Waals surface area contributed by atoms with Crippen molar-refractivity contribution in [1.82, 2.24) is 0 Å². The van der Waals surface area contributed by atoms with Crippen molar-refractivity contribution >= 4 is 17.6 Å². The summed E-state index contributed by atoms with van der Waals surface area (Å²) in [4.78, 5) is 25.8. The zero-order valence-corrected chi connectivity index (χ0v) is 14.4. The molecule has 0 unspecified atom stereocenters. The predicted molar refractivity (Wildman–Crippen MR) is 88.2 cm³/mol. The quantitative estimate of drug-likeness (QED) is 0.534. The van der Waals surface area contributed by atoms with Crippen molar-refractivity contribution in [2.24, 2.45) is 0 Å². The lowest BCUT2D eigenvalue weighted by Crippen LogP contribution is -2.38. The van der Waals surface area contributed by atoms with E-state index in [2.05, 4.69) is 0 Å². The number of benzene rings is 1. The number of carbonyl (C=O) groups is 2. The van der Waals surface area contributed by atoms with Crippen molar-refractivity contribution in [3.05, 3.63) is 35.5 Å². The highest BCUT2D eigenvalue weighted by Gasteiger charge is 2.32. The Hall–Kier alpha value is -2.58. The maximum atomic E-state index is 12.2. The summed E-state index contributed by atoms with van der Waals surface area (Å²) < 4.78 is 25.5. The molecular formula is C17H21NO7. The first-order valence-electron chi connectivity index (χ1n) is 7.59. The minimum absolute atomic E-state index is 0.0301. The van der Waals surface area contributed by atoms with Gasteiger partial charge in [0.05, 0.1) is 33.0 Å². The Bertz CT molecular complexity index is 656. The molecule has 0 saturated carbocycles. The summed E-state index contributed by atoms with van der Waals surface area (Å²) in [5.74, 6) is -0.684. The first-order valence-corrected chi connectivity index (χ1v) is 7.59. The lowest BCUT2D eigenvalue weighted by atomic mass is 10.1. The van der Waals surface area contributed by atoms with Gasteiger partial charge >= 0.3 is 11.9 Å². The Morgan fingerprint density at radius 3 is 2.56 bits per heavy atom. The van der Waals surface area contributed by atoms with Crippen LogP contribution in [0, 0.1) is 0 Å². The average Bonchev–Trinajstić information content (AvgIpc) is 2.66. The molecule has 0 aliphatic carbocycles. The van der Waals surface area contributed by atoms with Gasteiger partial charge in [0, 0.05) is 18.9 Å². The Morgan fingerprint density at radius 1 is 1.12 bits per heavy atom. The second-order valence-electron chi connectivity index (χ2n) is 5.05. The van der Waals surface area contributed by atoms with E-state index in [1.807, 2.05) is 0 Å². The van der Waals surface area contributed by atoms with E-state index in [-0.39, 0.29) is 24.6 Å². The van der Waals surface area contributed by atoms with Crippen LogP contribution in [0.1, 0.15) is 0 Å². The van der Waals surface area contributed by atoms with Gasteiger partial charge in [-0.15, -0.1) is 0 Å². The number of esters is 2. The van der Waals surface area contributed by atoms with Gasteiger partial charge in [0.2, 0.25) is 0 Å². The summed E-state index contributed by atoms with van der Waals surface area (Å²) in [7, 11) is 4.09. The molecule has 1 heterocycles. The van der Waals surface area contributed by atoms with Gasteiger partial charge in [-0.25, -0.2) is 9.59 Å². The maximum absolute atomic E-state index is 12.2. The number of hydrogen-bond acceptors (Lipinski definition) is 8. The largest absolute Gasteiger partial charge is 0.491 e. The van der Waals surface area contributed by atoms with Gasteiger partial charge < -0.3 is 28.6 Å². The third-order valence-electron chi connectivity index (χ3n) is 3.52. The summed E-state index contributed by atoms with van der Waals surface area (Å²) in [6, 6.07) is 7.07. The van der Waals surface area contributed by atoms with Crippen molar-refractivity contribution in [1.29, 1.82) is 0 Å². The number of ether oxygens (including phenoxy) is 5. The van der Waals surface area contributed by atoms with Crippen LogP contribution in [-0.2, 0) is 28.5 Å². The van der Waals surface area contributed by atoms with Gasteiger partial charge in [-0.1, -0.05) is 6.07 Å². The summed E-state index contributed by atoms with van der Waals surface area (Å²) in [5.41, 5.74) is 0.817. The van der Waals surface area contributed by atoms with Crippen molar-refractivity contribution in [3.8, 4) is 5.75 Å². The molecule has 0 fully saturated rings. The fraction of sp³-hybridized carbons (Fsp3) is 0.412. The molecule has 1 aliphatic heterocycles. The zero-order valence-electron chi connectivity index (χ0n) is 14.4. The third kappa shape index (κ3) is 4.49. The van der Waals surface area contributed by atoms with Crippen LogP contribution in [0.2, 0.25) is 0 Å². The molecule has 8 nitrogen and oxygen atoms in total. The number of nitrogens with zero attached hydrogens (tertiary/aromatic N) is 1. The summed E-state index contributed by atoms with van der Waals surface area (Å²) in [6.45, 7) is 0.907. The molecule has 0 bridgehead atoms. The molecule has 0 radical (unpaired) electrons. The molecule has 0 saturated heterocycles. The first-order chi connectivity index (χ1) is 12.1. The van der Waals surface area contributed by atoms with Crippen LogP contribution in [0.3, 0.4) is 0 Å². The lowest BCUT2D eigenvalue weighted by molar-refractivity contribution is -0.140. The van der Waals surface area contributed by atoms with Gasteiger partial charge in [0.1, 0.15) is 24.8 Å². The first kappa shape index (κ1) is 18.8. The Labute approximate surface area is 145 Å². The van der Waals surface area contributed by atoms with E-state index in [0.29, 0.717) is 24.7 Å². The van der Waals surface area contributed by atoms with Crippen LogP contribution in [0.15, 0.2) is 35.5 Å². The molecule has 8 heteroatoms. The summed E-state index contributed by atoms with van der Waals surface area (Å²) in [6.07, 6.45) is 0. The molecule has 136 valence electrons. The zero-order chi connectivity index (χ0) is 18.2. The molecule has 1 aromatic carbocycles. The van der Waals surface area contributed by atoms with E-state index in [9.17, 15) is 9.59 Å². The van der Waals surface area contributed by atoms with Crippen LogP contribution in [0.4, 0.5) is 5.69 Å². The molecule has 0 N–H and O–H groups in total. The predicted octanol–water partition coefficient (Wildman–Crippen LogP) is 1.11. The van der Waals surface area contributed by atoms with Crippen LogP contribution in [0.5, 0.6) is 5.75 Å².